The van der Waals surface area contributed by atoms with Crippen molar-refractivity contribution >= 4 is 29.7 Å². The molecule has 0 unspecified atom stereocenters. The highest BCUT2D eigenvalue weighted by molar-refractivity contribution is 7.99. The van der Waals surface area contributed by atoms with E-state index in [2.05, 4.69) is 17.2 Å². The normalized spacial score (nSPS) is 11.0. The van der Waals surface area contributed by atoms with Crippen LogP contribution in [0.2, 0.25) is 0 Å². The van der Waals surface area contributed by atoms with Crippen LogP contribution in [-0.2, 0) is 19.1 Å². The highest BCUT2D eigenvalue weighted by atomic mass is 32.2. The standard InChI is InChI=1S/C18H33N3O5S/c1-14(2)15(22)25-10-8-20-17(24)26-11-12-27-13-18(3,4)16(23)19-7-9-21(5)6/h1,7-13H2,2-6H3,(H,19,23)(H,20,24). The first-order chi connectivity index (χ1) is 12.6. The van der Waals surface area contributed by atoms with E-state index in [-0.39, 0.29) is 25.7 Å². The first-order valence-corrected chi connectivity index (χ1v) is 9.95. The molecule has 8 nitrogen and oxygen atoms in total. The van der Waals surface area contributed by atoms with Crippen LogP contribution in [0.1, 0.15) is 20.8 Å². The Labute approximate surface area is 166 Å². The summed E-state index contributed by atoms with van der Waals surface area (Å²) in [7, 11) is 3.91. The lowest BCUT2D eigenvalue weighted by molar-refractivity contribution is -0.138. The van der Waals surface area contributed by atoms with Gasteiger partial charge in [0.15, 0.2) is 0 Å². The summed E-state index contributed by atoms with van der Waals surface area (Å²) in [4.78, 5) is 36.8. The number of nitrogens with zero attached hydrogens (tertiary/aromatic N) is 1. The second kappa shape index (κ2) is 13.4. The molecule has 0 aromatic rings. The smallest absolute Gasteiger partial charge is 0.407 e. The van der Waals surface area contributed by atoms with E-state index in [0.29, 0.717) is 23.6 Å². The molecule has 0 aromatic heterocycles. The van der Waals surface area contributed by atoms with E-state index in [9.17, 15) is 14.4 Å². The Morgan fingerprint density at radius 2 is 1.74 bits per heavy atom. The van der Waals surface area contributed by atoms with Gasteiger partial charge < -0.3 is 25.0 Å². The Morgan fingerprint density at radius 1 is 1.07 bits per heavy atom. The van der Waals surface area contributed by atoms with E-state index >= 15 is 0 Å². The first-order valence-electron chi connectivity index (χ1n) is 8.80. The third kappa shape index (κ3) is 13.1. The van der Waals surface area contributed by atoms with Gasteiger partial charge in [-0.2, -0.15) is 11.8 Å². The van der Waals surface area contributed by atoms with Crippen LogP contribution in [0.25, 0.3) is 0 Å². The average Bonchev–Trinajstić information content (AvgIpc) is 2.57. The summed E-state index contributed by atoms with van der Waals surface area (Å²) in [5.41, 5.74) is -0.184. The van der Waals surface area contributed by atoms with Crippen molar-refractivity contribution in [3.05, 3.63) is 12.2 Å². The number of thioether (sulfide) groups is 1. The van der Waals surface area contributed by atoms with Gasteiger partial charge in [0.1, 0.15) is 13.2 Å². The Hall–Kier alpha value is -1.74. The number of hydrogen-bond acceptors (Lipinski definition) is 7. The lowest BCUT2D eigenvalue weighted by Crippen LogP contribution is -2.41. The van der Waals surface area contributed by atoms with Crippen LogP contribution in [0.15, 0.2) is 12.2 Å². The van der Waals surface area contributed by atoms with Crippen molar-refractivity contribution in [2.45, 2.75) is 20.8 Å². The third-order valence-electron chi connectivity index (χ3n) is 3.34. The van der Waals surface area contributed by atoms with E-state index in [4.69, 9.17) is 9.47 Å². The maximum absolute atomic E-state index is 12.2. The molecule has 0 atom stereocenters. The molecule has 2 N–H and O–H groups in total. The van der Waals surface area contributed by atoms with Gasteiger partial charge in [-0.1, -0.05) is 20.4 Å². The van der Waals surface area contributed by atoms with Crippen molar-refractivity contribution in [2.75, 3.05) is 58.4 Å². The number of nitrogens with one attached hydrogen (secondary N) is 2. The number of rotatable bonds is 13. The van der Waals surface area contributed by atoms with E-state index in [1.165, 1.54) is 0 Å². The lowest BCUT2D eigenvalue weighted by atomic mass is 9.95. The highest BCUT2D eigenvalue weighted by Crippen LogP contribution is 2.21. The lowest BCUT2D eigenvalue weighted by Gasteiger charge is -2.23. The fourth-order valence-electron chi connectivity index (χ4n) is 1.69. The van der Waals surface area contributed by atoms with Gasteiger partial charge in [-0.15, -0.1) is 0 Å². The van der Waals surface area contributed by atoms with Gasteiger partial charge in [0.25, 0.3) is 0 Å². The predicted octanol–water partition coefficient (Wildman–Crippen LogP) is 1.27. The number of alkyl carbamates (subject to hydrolysis) is 1. The molecule has 27 heavy (non-hydrogen) atoms. The number of likely N-dealkylation sites (N-methyl/N-ethyl adjacent to an activating group) is 1. The number of carbonyl (C=O) groups excluding carboxylic acids is 3. The number of ether oxygens (including phenoxy) is 2. The van der Waals surface area contributed by atoms with Crippen LogP contribution < -0.4 is 10.6 Å². The van der Waals surface area contributed by atoms with E-state index in [1.54, 1.807) is 18.7 Å². The maximum atomic E-state index is 12.2. The molecular weight excluding hydrogens is 370 g/mol. The minimum Gasteiger partial charge on any atom is -0.460 e. The molecule has 0 aliphatic carbocycles. The molecule has 0 spiro atoms. The number of esters is 1. The third-order valence-corrected chi connectivity index (χ3v) is 4.72. The Morgan fingerprint density at radius 3 is 2.33 bits per heavy atom. The fourth-order valence-corrected chi connectivity index (χ4v) is 2.68. The summed E-state index contributed by atoms with van der Waals surface area (Å²) in [5.74, 6) is 0.740. The summed E-state index contributed by atoms with van der Waals surface area (Å²) >= 11 is 1.55. The quantitative estimate of drug-likeness (QED) is 0.271. The number of carbonyl (C=O) groups is 3. The maximum Gasteiger partial charge on any atom is 0.407 e. The zero-order valence-corrected chi connectivity index (χ0v) is 17.9. The molecule has 0 bridgehead atoms. The van der Waals surface area contributed by atoms with Crippen LogP contribution in [0.5, 0.6) is 0 Å². The van der Waals surface area contributed by atoms with E-state index in [0.717, 1.165) is 6.54 Å². The molecule has 156 valence electrons. The second-order valence-corrected chi connectivity index (χ2v) is 8.08. The molecule has 2 amide bonds. The van der Waals surface area contributed by atoms with Crippen molar-refractivity contribution in [1.29, 1.82) is 0 Å². The highest BCUT2D eigenvalue weighted by Gasteiger charge is 2.27. The largest absolute Gasteiger partial charge is 0.460 e. The van der Waals surface area contributed by atoms with Gasteiger partial charge in [-0.3, -0.25) is 4.79 Å². The minimum absolute atomic E-state index is 0.0137. The SMILES string of the molecule is C=C(C)C(=O)OCCNC(=O)OCCSCC(C)(C)C(=O)NCCN(C)C. The summed E-state index contributed by atoms with van der Waals surface area (Å²) in [5, 5.41) is 5.42. The summed E-state index contributed by atoms with van der Waals surface area (Å²) in [6.45, 7) is 10.7. The van der Waals surface area contributed by atoms with Crippen molar-refractivity contribution in [3.8, 4) is 0 Å². The Kier molecular flexibility index (Phi) is 12.6. The molecular formula is C18H33N3O5S. The van der Waals surface area contributed by atoms with Crippen molar-refractivity contribution in [3.63, 3.8) is 0 Å². The molecule has 0 aliphatic heterocycles. The predicted molar refractivity (Wildman–Crippen MR) is 108 cm³/mol. The molecule has 0 saturated carbocycles. The topological polar surface area (TPSA) is 97.0 Å². The van der Waals surface area contributed by atoms with Crippen molar-refractivity contribution < 1.29 is 23.9 Å². The molecule has 0 saturated heterocycles. The van der Waals surface area contributed by atoms with Crippen LogP contribution in [0.4, 0.5) is 4.79 Å². The van der Waals surface area contributed by atoms with Crippen LogP contribution in [0.3, 0.4) is 0 Å². The van der Waals surface area contributed by atoms with Crippen LogP contribution in [0, 0.1) is 5.41 Å². The summed E-state index contributed by atoms with van der Waals surface area (Å²) in [6, 6.07) is 0. The molecule has 0 radical (unpaired) electrons. The zero-order chi connectivity index (χ0) is 20.9. The van der Waals surface area contributed by atoms with Gasteiger partial charge in [-0.05, 0) is 21.0 Å². The van der Waals surface area contributed by atoms with Crippen molar-refractivity contribution in [1.82, 2.24) is 15.5 Å². The summed E-state index contributed by atoms with van der Waals surface area (Å²) < 4.78 is 9.87. The molecule has 0 aliphatic rings. The van der Waals surface area contributed by atoms with Gasteiger partial charge in [0.2, 0.25) is 5.91 Å². The second-order valence-electron chi connectivity index (χ2n) is 6.97. The first kappa shape index (κ1) is 25.3. The average molecular weight is 404 g/mol. The van der Waals surface area contributed by atoms with Crippen LogP contribution in [-0.4, -0.2) is 81.3 Å². The number of hydrogen-bond donors (Lipinski definition) is 2. The van der Waals surface area contributed by atoms with Gasteiger partial charge >= 0.3 is 12.1 Å². The molecule has 0 fully saturated rings. The fraction of sp³-hybridized carbons (Fsp3) is 0.722. The van der Waals surface area contributed by atoms with Crippen molar-refractivity contribution in [2.24, 2.45) is 5.41 Å². The van der Waals surface area contributed by atoms with E-state index in [1.807, 2.05) is 32.8 Å². The molecule has 0 rings (SSSR count). The van der Waals surface area contributed by atoms with Crippen LogP contribution >= 0.6 is 11.8 Å². The number of amides is 2. The molecule has 0 heterocycles. The summed E-state index contributed by atoms with van der Waals surface area (Å²) in [6.07, 6.45) is -0.567. The zero-order valence-electron chi connectivity index (χ0n) is 17.1. The minimum atomic E-state index is -0.567. The molecule has 0 aromatic carbocycles. The molecule has 9 heteroatoms. The van der Waals surface area contributed by atoms with E-state index < -0.39 is 17.5 Å². The monoisotopic (exact) mass is 403 g/mol. The van der Waals surface area contributed by atoms with Gasteiger partial charge in [-0.25, -0.2) is 9.59 Å². The van der Waals surface area contributed by atoms with Gasteiger partial charge in [0, 0.05) is 30.2 Å². The van der Waals surface area contributed by atoms with Gasteiger partial charge in [0.05, 0.1) is 12.0 Å². The Balaban J connectivity index is 3.78. The Bertz CT molecular complexity index is 509.